The highest BCUT2D eigenvalue weighted by atomic mass is 32.2. The van der Waals surface area contributed by atoms with Crippen molar-refractivity contribution in [3.8, 4) is 0 Å². The van der Waals surface area contributed by atoms with Gasteiger partial charge in [-0.05, 0) is 30.5 Å². The standard InChI is InChI=1S/C22H23F3N6O5S/c1-26-37(34,35)36-19-9-14(8-18(19)32)29-21-15(10-27-12-28-21)20(33)17-6-7-31(30-17)11-13-4-2-3-5-16(13)22(23,24)25/h2-7,10,12,14,18-19,26,32H,8-9,11H2,1H3,(H,27,28,29)/t14-,18+,19-/m1/s1. The molecule has 37 heavy (non-hydrogen) atoms. The first kappa shape index (κ1) is 26.7. The molecule has 2 aromatic heterocycles. The van der Waals surface area contributed by atoms with E-state index in [1.54, 1.807) is 0 Å². The van der Waals surface area contributed by atoms with Crippen molar-refractivity contribution in [2.45, 2.75) is 43.8 Å². The molecular formula is C22H23F3N6O5S. The number of hydrogen-bond donors (Lipinski definition) is 3. The monoisotopic (exact) mass is 540 g/mol. The predicted octanol–water partition coefficient (Wildman–Crippen LogP) is 1.76. The lowest BCUT2D eigenvalue weighted by Crippen LogP contribution is -2.31. The molecule has 3 aromatic rings. The van der Waals surface area contributed by atoms with Gasteiger partial charge >= 0.3 is 16.5 Å². The second-order valence-corrected chi connectivity index (χ2v) is 9.85. The number of halogens is 3. The topological polar surface area (TPSA) is 148 Å². The lowest BCUT2D eigenvalue weighted by molar-refractivity contribution is -0.138. The van der Waals surface area contributed by atoms with Crippen molar-refractivity contribution >= 4 is 21.9 Å². The molecule has 4 rings (SSSR count). The highest BCUT2D eigenvalue weighted by molar-refractivity contribution is 7.84. The number of ketones is 1. The molecule has 0 unspecified atom stereocenters. The van der Waals surface area contributed by atoms with E-state index in [9.17, 15) is 31.5 Å². The minimum absolute atomic E-state index is 0.000601. The zero-order chi connectivity index (χ0) is 26.8. The van der Waals surface area contributed by atoms with Crippen molar-refractivity contribution in [1.82, 2.24) is 24.5 Å². The normalized spacial score (nSPS) is 20.2. The van der Waals surface area contributed by atoms with Gasteiger partial charge in [0, 0.05) is 25.5 Å². The zero-order valence-corrected chi connectivity index (χ0v) is 20.2. The van der Waals surface area contributed by atoms with Gasteiger partial charge < -0.3 is 10.4 Å². The molecule has 11 nitrogen and oxygen atoms in total. The van der Waals surface area contributed by atoms with E-state index < -0.39 is 46.1 Å². The van der Waals surface area contributed by atoms with E-state index in [0.717, 1.165) is 6.07 Å². The average molecular weight is 541 g/mol. The summed E-state index contributed by atoms with van der Waals surface area (Å²) in [7, 11) is -2.83. The van der Waals surface area contributed by atoms with Crippen molar-refractivity contribution < 1.29 is 35.7 Å². The first-order valence-electron chi connectivity index (χ1n) is 11.1. The van der Waals surface area contributed by atoms with Crippen LogP contribution in [-0.2, 0) is 27.2 Å². The third-order valence-electron chi connectivity index (χ3n) is 5.80. The van der Waals surface area contributed by atoms with E-state index in [4.69, 9.17) is 4.18 Å². The van der Waals surface area contributed by atoms with Crippen LogP contribution in [-0.4, -0.2) is 64.4 Å². The molecule has 0 radical (unpaired) electrons. The first-order chi connectivity index (χ1) is 17.5. The van der Waals surface area contributed by atoms with Gasteiger partial charge in [-0.15, -0.1) is 0 Å². The number of nitrogens with one attached hydrogen (secondary N) is 2. The predicted molar refractivity (Wildman–Crippen MR) is 124 cm³/mol. The highest BCUT2D eigenvalue weighted by Crippen LogP contribution is 2.32. The second kappa shape index (κ2) is 10.5. The molecule has 1 aromatic carbocycles. The van der Waals surface area contributed by atoms with E-state index in [2.05, 4.69) is 20.4 Å². The maximum absolute atomic E-state index is 13.3. The molecule has 2 heterocycles. The minimum Gasteiger partial charge on any atom is -0.390 e. The molecule has 1 aliphatic rings. The Labute approximate surface area is 210 Å². The van der Waals surface area contributed by atoms with Crippen molar-refractivity contribution in [3.05, 3.63) is 71.4 Å². The van der Waals surface area contributed by atoms with Gasteiger partial charge in [0.25, 0.3) is 0 Å². The third-order valence-corrected chi connectivity index (χ3v) is 6.80. The molecular weight excluding hydrogens is 517 g/mol. The fourth-order valence-corrected chi connectivity index (χ4v) is 4.66. The van der Waals surface area contributed by atoms with Crippen LogP contribution in [0.25, 0.3) is 0 Å². The fourth-order valence-electron chi connectivity index (χ4n) is 4.03. The quantitative estimate of drug-likeness (QED) is 0.345. The van der Waals surface area contributed by atoms with Gasteiger partial charge in [-0.3, -0.25) is 13.7 Å². The smallest absolute Gasteiger partial charge is 0.390 e. The Morgan fingerprint density at radius 1 is 1.24 bits per heavy atom. The van der Waals surface area contributed by atoms with Crippen LogP contribution in [0.15, 0.2) is 49.1 Å². The highest BCUT2D eigenvalue weighted by Gasteiger charge is 2.37. The summed E-state index contributed by atoms with van der Waals surface area (Å²) in [5.74, 6) is -0.443. The molecule has 1 saturated carbocycles. The van der Waals surface area contributed by atoms with Gasteiger partial charge in [0.05, 0.1) is 23.8 Å². The number of aliphatic hydroxyl groups is 1. The SMILES string of the molecule is CNS(=O)(=O)O[C@@H]1C[C@H](Nc2ncncc2C(=O)c2ccn(Cc3ccccc3C(F)(F)F)n2)C[C@@H]1O. The lowest BCUT2D eigenvalue weighted by atomic mass is 10.1. The van der Waals surface area contributed by atoms with Gasteiger partial charge in [0.1, 0.15) is 23.9 Å². The van der Waals surface area contributed by atoms with Crippen molar-refractivity contribution in [3.63, 3.8) is 0 Å². The molecule has 1 fully saturated rings. The van der Waals surface area contributed by atoms with Gasteiger partial charge in [-0.1, -0.05) is 18.2 Å². The maximum Gasteiger partial charge on any atom is 0.416 e. The largest absolute Gasteiger partial charge is 0.416 e. The first-order valence-corrected chi connectivity index (χ1v) is 12.5. The van der Waals surface area contributed by atoms with Crippen molar-refractivity contribution in [1.29, 1.82) is 0 Å². The molecule has 0 aliphatic heterocycles. The number of aliphatic hydroxyl groups excluding tert-OH is 1. The van der Waals surface area contributed by atoms with Crippen molar-refractivity contribution in [2.75, 3.05) is 12.4 Å². The maximum atomic E-state index is 13.3. The summed E-state index contributed by atoms with van der Waals surface area (Å²) in [5, 5.41) is 17.3. The Balaban J connectivity index is 1.49. The number of rotatable bonds is 9. The summed E-state index contributed by atoms with van der Waals surface area (Å²) < 4.78 is 71.4. The Hall–Kier alpha value is -3.40. The molecule has 0 amide bonds. The van der Waals surface area contributed by atoms with Crippen LogP contribution in [0, 0.1) is 0 Å². The van der Waals surface area contributed by atoms with E-state index in [-0.39, 0.29) is 42.0 Å². The lowest BCUT2D eigenvalue weighted by Gasteiger charge is -2.15. The summed E-state index contributed by atoms with van der Waals surface area (Å²) in [6.07, 6.45) is -2.48. The summed E-state index contributed by atoms with van der Waals surface area (Å²) in [5.41, 5.74) is -0.774. The zero-order valence-electron chi connectivity index (χ0n) is 19.4. The van der Waals surface area contributed by atoms with Crippen LogP contribution in [0.5, 0.6) is 0 Å². The molecule has 0 bridgehead atoms. The number of hydrogen-bond acceptors (Lipinski definition) is 9. The van der Waals surface area contributed by atoms with E-state index in [0.29, 0.717) is 0 Å². The number of carbonyl (C=O) groups excluding carboxylic acids is 1. The molecule has 0 spiro atoms. The number of carbonyl (C=O) groups is 1. The summed E-state index contributed by atoms with van der Waals surface area (Å²) >= 11 is 0. The van der Waals surface area contributed by atoms with Gasteiger partial charge in [0.2, 0.25) is 5.78 Å². The van der Waals surface area contributed by atoms with Crippen LogP contribution < -0.4 is 10.0 Å². The van der Waals surface area contributed by atoms with Crippen LogP contribution in [0.4, 0.5) is 19.0 Å². The molecule has 3 N–H and O–H groups in total. The van der Waals surface area contributed by atoms with Crippen LogP contribution in [0.1, 0.15) is 40.0 Å². The van der Waals surface area contributed by atoms with E-state index in [1.807, 2.05) is 4.72 Å². The Morgan fingerprint density at radius 3 is 2.73 bits per heavy atom. The number of benzene rings is 1. The van der Waals surface area contributed by atoms with E-state index in [1.165, 1.54) is 54.7 Å². The number of anilines is 1. The minimum atomic E-state index is -4.53. The molecule has 198 valence electrons. The third kappa shape index (κ3) is 6.30. The number of nitrogens with zero attached hydrogens (tertiary/aromatic N) is 4. The molecule has 1 aliphatic carbocycles. The van der Waals surface area contributed by atoms with Crippen LogP contribution in [0.2, 0.25) is 0 Å². The van der Waals surface area contributed by atoms with Crippen LogP contribution >= 0.6 is 0 Å². The van der Waals surface area contributed by atoms with Gasteiger partial charge in [0.15, 0.2) is 0 Å². The Morgan fingerprint density at radius 2 is 2.00 bits per heavy atom. The van der Waals surface area contributed by atoms with Crippen molar-refractivity contribution in [2.24, 2.45) is 0 Å². The second-order valence-electron chi connectivity index (χ2n) is 8.34. The Kier molecular flexibility index (Phi) is 7.59. The van der Waals surface area contributed by atoms with E-state index >= 15 is 0 Å². The van der Waals surface area contributed by atoms with Crippen LogP contribution in [0.3, 0.4) is 0 Å². The number of alkyl halides is 3. The molecule has 0 saturated heterocycles. The summed E-state index contributed by atoms with van der Waals surface area (Å²) in [4.78, 5) is 21.1. The van der Waals surface area contributed by atoms with Gasteiger partial charge in [-0.2, -0.15) is 31.4 Å². The average Bonchev–Trinajstić information content (AvgIpc) is 3.44. The molecule has 3 atom stereocenters. The number of aromatic nitrogens is 4. The summed E-state index contributed by atoms with van der Waals surface area (Å²) in [6, 6.07) is 6.02. The van der Waals surface area contributed by atoms with Gasteiger partial charge in [-0.25, -0.2) is 9.97 Å². The Bertz CT molecular complexity index is 1380. The molecule has 15 heteroatoms. The fraction of sp³-hybridized carbons (Fsp3) is 0.364. The summed E-state index contributed by atoms with van der Waals surface area (Å²) in [6.45, 7) is -0.198.